The molecular formula is C12H14FN3O2S. The number of anilines is 1. The highest BCUT2D eigenvalue weighted by Crippen LogP contribution is 2.20. The third-order valence-electron chi connectivity index (χ3n) is 2.72. The van der Waals surface area contributed by atoms with Gasteiger partial charge in [-0.1, -0.05) is 18.2 Å². The van der Waals surface area contributed by atoms with Gasteiger partial charge in [-0.25, -0.2) is 13.1 Å². The maximum atomic E-state index is 13.8. The summed E-state index contributed by atoms with van der Waals surface area (Å²) in [5.41, 5.74) is 1.18. The molecule has 19 heavy (non-hydrogen) atoms. The lowest BCUT2D eigenvalue weighted by Gasteiger charge is -2.09. The minimum absolute atomic E-state index is 0.270. The maximum absolute atomic E-state index is 13.8. The molecule has 5 nitrogen and oxygen atoms in total. The quantitative estimate of drug-likeness (QED) is 0.935. The van der Waals surface area contributed by atoms with E-state index in [0.717, 1.165) is 16.4 Å². The molecule has 0 amide bonds. The zero-order chi connectivity index (χ0) is 14.0. The summed E-state index contributed by atoms with van der Waals surface area (Å²) >= 11 is 0. The van der Waals surface area contributed by atoms with Crippen LogP contribution in [0.5, 0.6) is 0 Å². The fourth-order valence-electron chi connectivity index (χ4n) is 1.64. The normalized spacial score (nSPS) is 11.5. The molecule has 1 N–H and O–H groups in total. The summed E-state index contributed by atoms with van der Waals surface area (Å²) < 4.78 is 41.4. The predicted molar refractivity (Wildman–Crippen MR) is 69.8 cm³/mol. The molecule has 1 heterocycles. The second-order valence-corrected chi connectivity index (χ2v) is 5.69. The van der Waals surface area contributed by atoms with Gasteiger partial charge in [0.05, 0.1) is 11.9 Å². The highest BCUT2D eigenvalue weighted by molar-refractivity contribution is 7.92. The van der Waals surface area contributed by atoms with Crippen molar-refractivity contribution in [2.75, 3.05) is 4.72 Å². The number of para-hydroxylation sites is 1. The number of halogens is 1. The SMILES string of the molecule is CCn1ncc(S(=O)(=O)Nc2ccccc2C)c1F. The molecule has 2 rings (SSSR count). The molecule has 0 radical (unpaired) electrons. The minimum Gasteiger partial charge on any atom is -0.279 e. The summed E-state index contributed by atoms with van der Waals surface area (Å²) in [4.78, 5) is -0.447. The van der Waals surface area contributed by atoms with Gasteiger partial charge in [-0.3, -0.25) is 4.72 Å². The Morgan fingerprint density at radius 2 is 2.05 bits per heavy atom. The average molecular weight is 283 g/mol. The van der Waals surface area contributed by atoms with Gasteiger partial charge in [-0.2, -0.15) is 9.49 Å². The second kappa shape index (κ2) is 5.00. The van der Waals surface area contributed by atoms with E-state index in [1.807, 2.05) is 0 Å². The fourth-order valence-corrected chi connectivity index (χ4v) is 2.78. The van der Waals surface area contributed by atoms with E-state index in [9.17, 15) is 12.8 Å². The molecule has 0 aliphatic rings. The van der Waals surface area contributed by atoms with E-state index in [-0.39, 0.29) is 6.54 Å². The summed E-state index contributed by atoms with van der Waals surface area (Å²) in [5, 5.41) is 3.69. The van der Waals surface area contributed by atoms with Gasteiger partial charge in [0, 0.05) is 6.54 Å². The summed E-state index contributed by atoms with van der Waals surface area (Å²) in [7, 11) is -3.96. The molecule has 0 aliphatic carbocycles. The summed E-state index contributed by atoms with van der Waals surface area (Å²) in [6.45, 7) is 3.72. The Morgan fingerprint density at radius 3 is 2.63 bits per heavy atom. The van der Waals surface area contributed by atoms with E-state index in [4.69, 9.17) is 0 Å². The van der Waals surface area contributed by atoms with Crippen LogP contribution in [0.25, 0.3) is 0 Å². The third-order valence-corrected chi connectivity index (χ3v) is 4.06. The first-order chi connectivity index (χ1) is 8.95. The molecule has 0 unspecified atom stereocenters. The Balaban J connectivity index is 2.38. The predicted octanol–water partition coefficient (Wildman–Crippen LogP) is 2.15. The van der Waals surface area contributed by atoms with Crippen molar-refractivity contribution in [3.63, 3.8) is 0 Å². The lowest BCUT2D eigenvalue weighted by molar-refractivity contribution is 0.455. The average Bonchev–Trinajstić information content (AvgIpc) is 2.74. The lowest BCUT2D eigenvalue weighted by atomic mass is 10.2. The molecule has 0 saturated carbocycles. The van der Waals surface area contributed by atoms with Crippen molar-refractivity contribution in [3.05, 3.63) is 42.0 Å². The van der Waals surface area contributed by atoms with Crippen LogP contribution in [0, 0.1) is 12.9 Å². The largest absolute Gasteiger partial charge is 0.279 e. The molecule has 0 spiro atoms. The van der Waals surface area contributed by atoms with Gasteiger partial charge in [0.2, 0.25) is 5.95 Å². The first-order valence-corrected chi connectivity index (χ1v) is 7.23. The van der Waals surface area contributed by atoms with Gasteiger partial charge < -0.3 is 0 Å². The van der Waals surface area contributed by atoms with Gasteiger partial charge in [0.1, 0.15) is 0 Å². The van der Waals surface area contributed by atoms with E-state index in [1.54, 1.807) is 38.1 Å². The molecule has 102 valence electrons. The van der Waals surface area contributed by atoms with Crippen LogP contribution >= 0.6 is 0 Å². The standard InChI is InChI=1S/C12H14FN3O2S/c1-3-16-12(13)11(8-14-16)19(17,18)15-10-7-5-4-6-9(10)2/h4-8,15H,3H2,1-2H3. The first-order valence-electron chi connectivity index (χ1n) is 5.75. The zero-order valence-electron chi connectivity index (χ0n) is 10.6. The molecule has 0 bridgehead atoms. The van der Waals surface area contributed by atoms with Crippen molar-refractivity contribution in [1.82, 2.24) is 9.78 Å². The first kappa shape index (κ1) is 13.5. The molecule has 7 heteroatoms. The van der Waals surface area contributed by atoms with Gasteiger partial charge >= 0.3 is 0 Å². The van der Waals surface area contributed by atoms with Crippen LogP contribution in [0.15, 0.2) is 35.4 Å². The minimum atomic E-state index is -3.96. The number of aryl methyl sites for hydroxylation is 2. The number of hydrogen-bond donors (Lipinski definition) is 1. The molecule has 0 saturated heterocycles. The van der Waals surface area contributed by atoms with E-state index in [0.29, 0.717) is 5.69 Å². The van der Waals surface area contributed by atoms with Crippen LogP contribution in [0.2, 0.25) is 0 Å². The van der Waals surface area contributed by atoms with E-state index >= 15 is 0 Å². The Kier molecular flexibility index (Phi) is 3.57. The van der Waals surface area contributed by atoms with Crippen LogP contribution in [-0.2, 0) is 16.6 Å². The van der Waals surface area contributed by atoms with Crippen LogP contribution < -0.4 is 4.72 Å². The highest BCUT2D eigenvalue weighted by atomic mass is 32.2. The van der Waals surface area contributed by atoms with Crippen molar-refractivity contribution in [3.8, 4) is 0 Å². The molecule has 0 aliphatic heterocycles. The molecule has 0 fully saturated rings. The molecule has 0 atom stereocenters. The summed E-state index contributed by atoms with van der Waals surface area (Å²) in [6, 6.07) is 6.89. The number of aromatic nitrogens is 2. The van der Waals surface area contributed by atoms with Gasteiger partial charge in [0.15, 0.2) is 4.90 Å². The second-order valence-electron chi connectivity index (χ2n) is 4.04. The van der Waals surface area contributed by atoms with E-state index in [2.05, 4.69) is 9.82 Å². The van der Waals surface area contributed by atoms with Crippen molar-refractivity contribution in [2.24, 2.45) is 0 Å². The number of nitrogens with one attached hydrogen (secondary N) is 1. The monoisotopic (exact) mass is 283 g/mol. The highest BCUT2D eigenvalue weighted by Gasteiger charge is 2.23. The Morgan fingerprint density at radius 1 is 1.37 bits per heavy atom. The van der Waals surface area contributed by atoms with Crippen molar-refractivity contribution in [2.45, 2.75) is 25.3 Å². The zero-order valence-corrected chi connectivity index (χ0v) is 11.4. The maximum Gasteiger partial charge on any atom is 0.268 e. The Labute approximate surface area is 111 Å². The number of hydrogen-bond acceptors (Lipinski definition) is 3. The van der Waals surface area contributed by atoms with Crippen LogP contribution in [0.3, 0.4) is 0 Å². The van der Waals surface area contributed by atoms with Crippen LogP contribution in [0.1, 0.15) is 12.5 Å². The van der Waals surface area contributed by atoms with E-state index < -0.39 is 20.9 Å². The Bertz CT molecular complexity index is 695. The molecule has 2 aromatic rings. The van der Waals surface area contributed by atoms with Crippen molar-refractivity contribution in [1.29, 1.82) is 0 Å². The number of benzene rings is 1. The van der Waals surface area contributed by atoms with Crippen molar-refractivity contribution >= 4 is 15.7 Å². The number of sulfonamides is 1. The third kappa shape index (κ3) is 2.60. The van der Waals surface area contributed by atoms with Crippen molar-refractivity contribution < 1.29 is 12.8 Å². The fraction of sp³-hybridized carbons (Fsp3) is 0.250. The number of rotatable bonds is 4. The number of nitrogens with zero attached hydrogens (tertiary/aromatic N) is 2. The lowest BCUT2D eigenvalue weighted by Crippen LogP contribution is -2.15. The Hall–Kier alpha value is -1.89. The summed E-state index contributed by atoms with van der Waals surface area (Å²) in [6.07, 6.45) is 1.01. The van der Waals surface area contributed by atoms with Gasteiger partial charge in [-0.05, 0) is 25.5 Å². The topological polar surface area (TPSA) is 64.0 Å². The van der Waals surface area contributed by atoms with Gasteiger partial charge in [-0.15, -0.1) is 0 Å². The summed E-state index contributed by atoms with van der Waals surface area (Å²) in [5.74, 6) is -0.858. The molecular weight excluding hydrogens is 269 g/mol. The van der Waals surface area contributed by atoms with Crippen LogP contribution in [0.4, 0.5) is 10.1 Å². The molecule has 1 aromatic heterocycles. The van der Waals surface area contributed by atoms with E-state index in [1.165, 1.54) is 0 Å². The van der Waals surface area contributed by atoms with Gasteiger partial charge in [0.25, 0.3) is 10.0 Å². The van der Waals surface area contributed by atoms with Crippen LogP contribution in [-0.4, -0.2) is 18.2 Å². The molecule has 1 aromatic carbocycles. The smallest absolute Gasteiger partial charge is 0.268 e.